The first-order valence-electron chi connectivity index (χ1n) is 3.30. The molecule has 0 radical (unpaired) electrons. The summed E-state index contributed by atoms with van der Waals surface area (Å²) >= 11 is 3.24. The van der Waals surface area contributed by atoms with E-state index in [2.05, 4.69) is 39.7 Å². The van der Waals surface area contributed by atoms with Gasteiger partial charge < -0.3 is 4.57 Å². The Hall–Kier alpha value is -0.500. The Bertz CT molecular complexity index is 225. The number of halogens is 1. The molecule has 0 atom stereocenters. The van der Waals surface area contributed by atoms with Crippen LogP contribution in [0.2, 0.25) is 0 Å². The molecule has 0 aliphatic rings. The molecule has 0 unspecified atom stereocenters. The SMILES string of the molecule is CCn1cccc1/C=C/Br. The highest BCUT2D eigenvalue weighted by Crippen LogP contribution is 2.05. The van der Waals surface area contributed by atoms with Crippen LogP contribution in [0.3, 0.4) is 0 Å². The third-order valence-corrected chi connectivity index (χ3v) is 1.70. The summed E-state index contributed by atoms with van der Waals surface area (Å²) in [4.78, 5) is 1.87. The van der Waals surface area contributed by atoms with E-state index in [0.29, 0.717) is 0 Å². The minimum absolute atomic E-state index is 1.03. The van der Waals surface area contributed by atoms with Crippen molar-refractivity contribution >= 4 is 22.0 Å². The molecule has 0 spiro atoms. The van der Waals surface area contributed by atoms with Gasteiger partial charge in [-0.25, -0.2) is 0 Å². The smallest absolute Gasteiger partial charge is 0.0411 e. The molecule has 0 aliphatic carbocycles. The normalized spacial score (nSPS) is 11.0. The monoisotopic (exact) mass is 199 g/mol. The molecule has 10 heavy (non-hydrogen) atoms. The van der Waals surface area contributed by atoms with Crippen LogP contribution >= 0.6 is 15.9 Å². The van der Waals surface area contributed by atoms with Crippen molar-refractivity contribution in [3.8, 4) is 0 Å². The highest BCUT2D eigenvalue weighted by molar-refractivity contribution is 9.11. The molecule has 0 aliphatic heterocycles. The van der Waals surface area contributed by atoms with Gasteiger partial charge in [-0.3, -0.25) is 0 Å². The number of rotatable bonds is 2. The summed E-state index contributed by atoms with van der Waals surface area (Å²) in [5.74, 6) is 0. The molecule has 1 heterocycles. The van der Waals surface area contributed by atoms with Crippen LogP contribution in [0.1, 0.15) is 12.6 Å². The maximum Gasteiger partial charge on any atom is 0.0411 e. The first kappa shape index (κ1) is 7.61. The molecule has 1 aromatic rings. The van der Waals surface area contributed by atoms with Gasteiger partial charge in [-0.1, -0.05) is 15.9 Å². The van der Waals surface area contributed by atoms with Crippen molar-refractivity contribution in [2.45, 2.75) is 13.5 Å². The van der Waals surface area contributed by atoms with E-state index in [0.717, 1.165) is 6.54 Å². The maximum absolute atomic E-state index is 3.24. The van der Waals surface area contributed by atoms with Gasteiger partial charge in [-0.05, 0) is 30.1 Å². The Balaban J connectivity index is 2.90. The Morgan fingerprint density at radius 1 is 1.70 bits per heavy atom. The third-order valence-electron chi connectivity index (χ3n) is 1.44. The third kappa shape index (κ3) is 1.51. The van der Waals surface area contributed by atoms with E-state index < -0.39 is 0 Å². The number of aromatic nitrogens is 1. The Labute approximate surface area is 69.5 Å². The predicted molar refractivity (Wildman–Crippen MR) is 48.1 cm³/mol. The average molecular weight is 200 g/mol. The second-order valence-corrected chi connectivity index (χ2v) is 2.54. The van der Waals surface area contributed by atoms with Gasteiger partial charge in [0.1, 0.15) is 0 Å². The van der Waals surface area contributed by atoms with Gasteiger partial charge in [0.05, 0.1) is 0 Å². The summed E-state index contributed by atoms with van der Waals surface area (Å²) in [5, 5.41) is 0. The van der Waals surface area contributed by atoms with Crippen LogP contribution < -0.4 is 0 Å². The fourth-order valence-electron chi connectivity index (χ4n) is 0.931. The standard InChI is InChI=1S/C8H10BrN/c1-2-10-7-3-4-8(10)5-6-9/h3-7H,2H2,1H3/b6-5+. The lowest BCUT2D eigenvalue weighted by Crippen LogP contribution is -1.92. The molecule has 1 rings (SSSR count). The lowest BCUT2D eigenvalue weighted by Gasteiger charge is -1.98. The molecule has 0 saturated carbocycles. The first-order valence-corrected chi connectivity index (χ1v) is 4.22. The first-order chi connectivity index (χ1) is 4.88. The fourth-order valence-corrected chi connectivity index (χ4v) is 1.20. The summed E-state index contributed by atoms with van der Waals surface area (Å²) in [6, 6.07) is 4.13. The molecular weight excluding hydrogens is 190 g/mol. The zero-order chi connectivity index (χ0) is 7.40. The van der Waals surface area contributed by atoms with Crippen molar-refractivity contribution in [3.63, 3.8) is 0 Å². The summed E-state index contributed by atoms with van der Waals surface area (Å²) < 4.78 is 2.18. The lowest BCUT2D eigenvalue weighted by atomic mass is 10.4. The van der Waals surface area contributed by atoms with Crippen molar-refractivity contribution in [1.29, 1.82) is 0 Å². The van der Waals surface area contributed by atoms with Gasteiger partial charge in [0.25, 0.3) is 0 Å². The molecular formula is C8H10BrN. The molecule has 0 bridgehead atoms. The van der Waals surface area contributed by atoms with E-state index in [9.17, 15) is 0 Å². The highest BCUT2D eigenvalue weighted by atomic mass is 79.9. The highest BCUT2D eigenvalue weighted by Gasteiger charge is 1.90. The zero-order valence-electron chi connectivity index (χ0n) is 5.92. The summed E-state index contributed by atoms with van der Waals surface area (Å²) in [7, 11) is 0. The van der Waals surface area contributed by atoms with Crippen molar-refractivity contribution in [3.05, 3.63) is 29.0 Å². The minimum Gasteiger partial charge on any atom is -0.348 e. The Morgan fingerprint density at radius 3 is 3.10 bits per heavy atom. The van der Waals surface area contributed by atoms with Crippen LogP contribution in [0.25, 0.3) is 6.08 Å². The molecule has 0 amide bonds. The van der Waals surface area contributed by atoms with E-state index in [1.54, 1.807) is 0 Å². The topological polar surface area (TPSA) is 4.93 Å². The molecule has 1 nitrogen and oxygen atoms in total. The van der Waals surface area contributed by atoms with E-state index in [1.807, 2.05) is 17.1 Å². The average Bonchev–Trinajstić information content (AvgIpc) is 2.36. The molecule has 1 aromatic heterocycles. The van der Waals surface area contributed by atoms with Crippen LogP contribution in [-0.4, -0.2) is 4.57 Å². The van der Waals surface area contributed by atoms with Crippen LogP contribution in [-0.2, 0) is 6.54 Å². The second kappa shape index (κ2) is 3.62. The number of aryl methyl sites for hydroxylation is 1. The van der Waals surface area contributed by atoms with Crippen molar-refractivity contribution in [1.82, 2.24) is 4.57 Å². The van der Waals surface area contributed by atoms with Crippen molar-refractivity contribution < 1.29 is 0 Å². The van der Waals surface area contributed by atoms with E-state index in [4.69, 9.17) is 0 Å². The van der Waals surface area contributed by atoms with Crippen LogP contribution in [0.4, 0.5) is 0 Å². The predicted octanol–water partition coefficient (Wildman–Crippen LogP) is 2.87. The number of nitrogens with zero attached hydrogens (tertiary/aromatic N) is 1. The maximum atomic E-state index is 3.24. The quantitative estimate of drug-likeness (QED) is 0.691. The van der Waals surface area contributed by atoms with Gasteiger partial charge in [-0.15, -0.1) is 0 Å². The second-order valence-electron chi connectivity index (χ2n) is 2.01. The number of hydrogen-bond donors (Lipinski definition) is 0. The van der Waals surface area contributed by atoms with E-state index in [1.165, 1.54) is 5.69 Å². The molecule has 0 saturated heterocycles. The Morgan fingerprint density at radius 2 is 2.50 bits per heavy atom. The summed E-state index contributed by atoms with van der Waals surface area (Å²) in [6.45, 7) is 3.16. The molecule has 2 heteroatoms. The van der Waals surface area contributed by atoms with Gasteiger partial charge in [0, 0.05) is 18.4 Å². The summed E-state index contributed by atoms with van der Waals surface area (Å²) in [6.07, 6.45) is 4.10. The largest absolute Gasteiger partial charge is 0.348 e. The Kier molecular flexibility index (Phi) is 2.75. The number of hydrogen-bond acceptors (Lipinski definition) is 0. The minimum atomic E-state index is 1.03. The van der Waals surface area contributed by atoms with Crippen LogP contribution in [0.5, 0.6) is 0 Å². The van der Waals surface area contributed by atoms with Crippen LogP contribution in [0.15, 0.2) is 23.3 Å². The fraction of sp³-hybridized carbons (Fsp3) is 0.250. The van der Waals surface area contributed by atoms with E-state index >= 15 is 0 Å². The van der Waals surface area contributed by atoms with Gasteiger partial charge in [0.15, 0.2) is 0 Å². The molecule has 0 N–H and O–H groups in total. The molecule has 54 valence electrons. The van der Waals surface area contributed by atoms with Gasteiger partial charge in [0.2, 0.25) is 0 Å². The van der Waals surface area contributed by atoms with Crippen molar-refractivity contribution in [2.24, 2.45) is 0 Å². The molecule has 0 fully saturated rings. The zero-order valence-corrected chi connectivity index (χ0v) is 7.51. The van der Waals surface area contributed by atoms with Crippen LogP contribution in [0, 0.1) is 0 Å². The summed E-state index contributed by atoms with van der Waals surface area (Å²) in [5.41, 5.74) is 1.24. The van der Waals surface area contributed by atoms with Gasteiger partial charge >= 0.3 is 0 Å². The molecule has 0 aromatic carbocycles. The van der Waals surface area contributed by atoms with Crippen molar-refractivity contribution in [2.75, 3.05) is 0 Å². The van der Waals surface area contributed by atoms with Gasteiger partial charge in [-0.2, -0.15) is 0 Å². The van der Waals surface area contributed by atoms with E-state index in [-0.39, 0.29) is 0 Å². The lowest BCUT2D eigenvalue weighted by molar-refractivity contribution is 0.762.